The Labute approximate surface area is 116 Å². The summed E-state index contributed by atoms with van der Waals surface area (Å²) in [4.78, 5) is 10.9. The van der Waals surface area contributed by atoms with Crippen molar-refractivity contribution >= 4 is 17.2 Å². The minimum Gasteiger partial charge on any atom is -0.343 e. The summed E-state index contributed by atoms with van der Waals surface area (Å²) in [5.74, 6) is -0.226. The molecule has 20 heavy (non-hydrogen) atoms. The van der Waals surface area contributed by atoms with Gasteiger partial charge >= 0.3 is 0 Å². The highest BCUT2D eigenvalue weighted by molar-refractivity contribution is 5.87. The van der Waals surface area contributed by atoms with Gasteiger partial charge in [-0.1, -0.05) is 18.2 Å². The van der Waals surface area contributed by atoms with E-state index in [1.807, 2.05) is 35.9 Å². The quantitative estimate of drug-likeness (QED) is 0.659. The van der Waals surface area contributed by atoms with Crippen molar-refractivity contribution in [3.63, 3.8) is 0 Å². The average Bonchev–Trinajstić information content (AvgIpc) is 2.85. The average molecular weight is 267 g/mol. The molecule has 1 aromatic heterocycles. The zero-order valence-corrected chi connectivity index (χ0v) is 11.1. The van der Waals surface area contributed by atoms with Gasteiger partial charge in [-0.3, -0.25) is 4.79 Å². The summed E-state index contributed by atoms with van der Waals surface area (Å²) in [6.07, 6.45) is 2.80. The minimum absolute atomic E-state index is 0.226. The lowest BCUT2D eigenvalue weighted by Crippen LogP contribution is -2.01. The van der Waals surface area contributed by atoms with Crippen LogP contribution >= 0.6 is 0 Å². The highest BCUT2D eigenvalue weighted by Gasteiger charge is 2.06. The van der Waals surface area contributed by atoms with Gasteiger partial charge in [0.15, 0.2) is 0 Å². The summed E-state index contributed by atoms with van der Waals surface area (Å²) >= 11 is 0. The fourth-order valence-electron chi connectivity index (χ4n) is 2.41. The van der Waals surface area contributed by atoms with Crippen molar-refractivity contribution in [1.82, 2.24) is 4.57 Å². The van der Waals surface area contributed by atoms with Crippen LogP contribution in [-0.2, 0) is 6.54 Å². The Balaban J connectivity index is 2.06. The van der Waals surface area contributed by atoms with Crippen molar-refractivity contribution in [2.24, 2.45) is 0 Å². The molecule has 0 unspecified atom stereocenters. The SMILES string of the molecule is Cc1ccc(F)cc1Cn1ccc2ccc(C=O)cc21. The predicted octanol–water partition coefficient (Wildman–Crippen LogP) is 3.95. The second kappa shape index (κ2) is 4.93. The molecule has 0 aliphatic rings. The van der Waals surface area contributed by atoms with Crippen LogP contribution in [0.2, 0.25) is 0 Å². The Bertz CT molecular complexity index is 789. The molecular weight excluding hydrogens is 253 g/mol. The summed E-state index contributed by atoms with van der Waals surface area (Å²) in [5, 5.41) is 1.07. The molecule has 0 spiro atoms. The number of halogens is 1. The zero-order chi connectivity index (χ0) is 14.1. The molecule has 2 aromatic carbocycles. The van der Waals surface area contributed by atoms with Gasteiger partial charge < -0.3 is 4.57 Å². The molecule has 0 aliphatic heterocycles. The largest absolute Gasteiger partial charge is 0.343 e. The fraction of sp³-hybridized carbons (Fsp3) is 0.118. The number of aldehydes is 1. The molecule has 2 nitrogen and oxygen atoms in total. The van der Waals surface area contributed by atoms with Crippen LogP contribution in [0.1, 0.15) is 21.5 Å². The number of carbonyl (C=O) groups excluding carboxylic acids is 1. The lowest BCUT2D eigenvalue weighted by atomic mass is 10.1. The summed E-state index contributed by atoms with van der Waals surface area (Å²) in [6.45, 7) is 2.56. The van der Waals surface area contributed by atoms with Gasteiger partial charge in [0, 0.05) is 23.8 Å². The van der Waals surface area contributed by atoms with E-state index in [0.29, 0.717) is 12.1 Å². The molecule has 100 valence electrons. The summed E-state index contributed by atoms with van der Waals surface area (Å²) in [5.41, 5.74) is 3.63. The number of fused-ring (bicyclic) bond motifs is 1. The maximum Gasteiger partial charge on any atom is 0.150 e. The smallest absolute Gasteiger partial charge is 0.150 e. The maximum absolute atomic E-state index is 13.4. The molecule has 3 heteroatoms. The van der Waals surface area contributed by atoms with E-state index in [4.69, 9.17) is 0 Å². The van der Waals surface area contributed by atoms with Gasteiger partial charge in [0.1, 0.15) is 12.1 Å². The predicted molar refractivity (Wildman–Crippen MR) is 77.6 cm³/mol. The lowest BCUT2D eigenvalue weighted by molar-refractivity contribution is 0.112. The number of nitrogens with zero attached hydrogens (tertiary/aromatic N) is 1. The van der Waals surface area contributed by atoms with Crippen LogP contribution in [0.3, 0.4) is 0 Å². The monoisotopic (exact) mass is 267 g/mol. The molecule has 0 fully saturated rings. The topological polar surface area (TPSA) is 22.0 Å². The zero-order valence-electron chi connectivity index (χ0n) is 11.1. The second-order valence-electron chi connectivity index (χ2n) is 4.95. The molecule has 0 amide bonds. The van der Waals surface area contributed by atoms with Gasteiger partial charge in [0.05, 0.1) is 0 Å². The molecule has 0 radical (unpaired) electrons. The fourth-order valence-corrected chi connectivity index (χ4v) is 2.41. The van der Waals surface area contributed by atoms with E-state index >= 15 is 0 Å². The summed E-state index contributed by atoms with van der Waals surface area (Å²) in [7, 11) is 0. The molecule has 3 aromatic rings. The molecule has 0 bridgehead atoms. The molecule has 0 saturated heterocycles. The molecule has 0 atom stereocenters. The van der Waals surface area contributed by atoms with E-state index in [2.05, 4.69) is 0 Å². The Morgan fingerprint density at radius 2 is 2.00 bits per heavy atom. The summed E-state index contributed by atoms with van der Waals surface area (Å²) < 4.78 is 15.4. The van der Waals surface area contributed by atoms with Crippen molar-refractivity contribution < 1.29 is 9.18 Å². The molecule has 1 heterocycles. The van der Waals surface area contributed by atoms with Crippen LogP contribution in [-0.4, -0.2) is 10.9 Å². The van der Waals surface area contributed by atoms with Crippen molar-refractivity contribution in [2.75, 3.05) is 0 Å². The number of aromatic nitrogens is 1. The van der Waals surface area contributed by atoms with E-state index in [9.17, 15) is 9.18 Å². The second-order valence-corrected chi connectivity index (χ2v) is 4.95. The molecule has 0 saturated carbocycles. The highest BCUT2D eigenvalue weighted by Crippen LogP contribution is 2.20. The van der Waals surface area contributed by atoms with Gasteiger partial charge in [-0.05, 0) is 47.7 Å². The van der Waals surface area contributed by atoms with Crippen molar-refractivity contribution in [3.05, 3.63) is 71.2 Å². The van der Waals surface area contributed by atoms with Crippen molar-refractivity contribution in [1.29, 1.82) is 0 Å². The Hall–Kier alpha value is -2.42. The number of hydrogen-bond donors (Lipinski definition) is 0. The summed E-state index contributed by atoms with van der Waals surface area (Å²) in [6, 6.07) is 12.4. The van der Waals surface area contributed by atoms with E-state index < -0.39 is 0 Å². The Kier molecular flexibility index (Phi) is 3.11. The van der Waals surface area contributed by atoms with Crippen LogP contribution in [0.4, 0.5) is 4.39 Å². The third-order valence-electron chi connectivity index (χ3n) is 3.59. The van der Waals surface area contributed by atoms with E-state index in [1.165, 1.54) is 6.07 Å². The van der Waals surface area contributed by atoms with Gasteiger partial charge in [0.25, 0.3) is 0 Å². The van der Waals surface area contributed by atoms with Crippen LogP contribution < -0.4 is 0 Å². The Morgan fingerprint density at radius 1 is 1.15 bits per heavy atom. The first-order valence-corrected chi connectivity index (χ1v) is 6.46. The highest BCUT2D eigenvalue weighted by atomic mass is 19.1. The number of hydrogen-bond acceptors (Lipinski definition) is 1. The van der Waals surface area contributed by atoms with Gasteiger partial charge in [-0.15, -0.1) is 0 Å². The van der Waals surface area contributed by atoms with Gasteiger partial charge in [-0.25, -0.2) is 4.39 Å². The Morgan fingerprint density at radius 3 is 2.80 bits per heavy atom. The number of benzene rings is 2. The maximum atomic E-state index is 13.4. The van der Waals surface area contributed by atoms with E-state index in [0.717, 1.165) is 28.3 Å². The minimum atomic E-state index is -0.226. The molecule has 0 aliphatic carbocycles. The van der Waals surface area contributed by atoms with Gasteiger partial charge in [-0.2, -0.15) is 0 Å². The van der Waals surface area contributed by atoms with E-state index in [1.54, 1.807) is 18.2 Å². The molecule has 0 N–H and O–H groups in total. The van der Waals surface area contributed by atoms with Crippen molar-refractivity contribution in [3.8, 4) is 0 Å². The third kappa shape index (κ3) is 2.23. The first kappa shape index (κ1) is 12.6. The van der Waals surface area contributed by atoms with Crippen LogP contribution in [0, 0.1) is 12.7 Å². The third-order valence-corrected chi connectivity index (χ3v) is 3.59. The first-order chi connectivity index (χ1) is 9.67. The first-order valence-electron chi connectivity index (χ1n) is 6.46. The van der Waals surface area contributed by atoms with Crippen LogP contribution in [0.5, 0.6) is 0 Å². The molecule has 3 rings (SSSR count). The van der Waals surface area contributed by atoms with Gasteiger partial charge in [0.2, 0.25) is 0 Å². The van der Waals surface area contributed by atoms with Crippen molar-refractivity contribution in [2.45, 2.75) is 13.5 Å². The standard InChI is InChI=1S/C17H14FNO/c1-12-2-5-16(18)9-15(12)10-19-7-6-14-4-3-13(11-20)8-17(14)19/h2-9,11H,10H2,1H3. The number of carbonyl (C=O) groups is 1. The van der Waals surface area contributed by atoms with Crippen LogP contribution in [0.15, 0.2) is 48.7 Å². The normalized spacial score (nSPS) is 10.9. The molecular formula is C17H14FNO. The van der Waals surface area contributed by atoms with Crippen LogP contribution in [0.25, 0.3) is 10.9 Å². The van der Waals surface area contributed by atoms with E-state index in [-0.39, 0.29) is 5.82 Å². The number of rotatable bonds is 3. The lowest BCUT2D eigenvalue weighted by Gasteiger charge is -2.09. The number of aryl methyl sites for hydroxylation is 1.